The second kappa shape index (κ2) is 15.2. The van der Waals surface area contributed by atoms with Crippen molar-refractivity contribution in [2.75, 3.05) is 7.11 Å². The van der Waals surface area contributed by atoms with Gasteiger partial charge in [0.25, 0.3) is 5.56 Å². The molecular formula is C34H48FN3O5. The maximum absolute atomic E-state index is 14.8. The molecule has 2 unspecified atom stereocenters. The molecule has 0 spiro atoms. The number of nitrogens with zero attached hydrogens (tertiary/aromatic N) is 2. The summed E-state index contributed by atoms with van der Waals surface area (Å²) in [6, 6.07) is 2.93. The van der Waals surface area contributed by atoms with Crippen molar-refractivity contribution in [2.45, 2.75) is 113 Å². The number of hydrogen-bond acceptors (Lipinski definition) is 6. The summed E-state index contributed by atoms with van der Waals surface area (Å²) in [7, 11) is 1.43. The van der Waals surface area contributed by atoms with Gasteiger partial charge >= 0.3 is 5.97 Å². The van der Waals surface area contributed by atoms with Gasteiger partial charge in [0.05, 0.1) is 35.1 Å². The Balaban J connectivity index is 0.000000748. The fraction of sp³-hybridized carbons (Fsp3) is 0.529. The first-order valence-electron chi connectivity index (χ1n) is 15.7. The number of amides is 1. The summed E-state index contributed by atoms with van der Waals surface area (Å²) < 4.78 is 27.4. The van der Waals surface area contributed by atoms with Crippen LogP contribution in [0.4, 0.5) is 4.39 Å². The summed E-state index contributed by atoms with van der Waals surface area (Å²) in [5.41, 5.74) is 3.98. The van der Waals surface area contributed by atoms with E-state index < -0.39 is 11.6 Å². The molecule has 2 atom stereocenters. The van der Waals surface area contributed by atoms with E-state index in [1.807, 2.05) is 55.4 Å². The number of ether oxygens (including phenoxy) is 2. The highest BCUT2D eigenvalue weighted by Crippen LogP contribution is 2.46. The van der Waals surface area contributed by atoms with Crippen LogP contribution in [0.15, 0.2) is 16.9 Å². The van der Waals surface area contributed by atoms with E-state index in [0.29, 0.717) is 59.3 Å². The minimum Gasteiger partial charge on any atom is -0.458 e. The maximum Gasteiger partial charge on any atom is 0.343 e. The summed E-state index contributed by atoms with van der Waals surface area (Å²) in [5.74, 6) is -0.864. The van der Waals surface area contributed by atoms with Crippen molar-refractivity contribution < 1.29 is 23.5 Å². The van der Waals surface area contributed by atoms with Crippen LogP contribution in [-0.2, 0) is 44.2 Å². The highest BCUT2D eigenvalue weighted by molar-refractivity contribution is 5.93. The van der Waals surface area contributed by atoms with Gasteiger partial charge in [0, 0.05) is 29.7 Å². The molecule has 8 nitrogen and oxygen atoms in total. The van der Waals surface area contributed by atoms with E-state index in [4.69, 9.17) is 14.5 Å². The lowest BCUT2D eigenvalue weighted by Gasteiger charge is -2.35. The molecule has 1 N–H and O–H groups in total. The summed E-state index contributed by atoms with van der Waals surface area (Å²) in [6.45, 7) is 19.7. The number of methoxy groups -OCH3 is 1. The maximum atomic E-state index is 14.8. The van der Waals surface area contributed by atoms with E-state index in [0.717, 1.165) is 22.1 Å². The lowest BCUT2D eigenvalue weighted by atomic mass is 9.81. The summed E-state index contributed by atoms with van der Waals surface area (Å²) in [4.78, 5) is 42.7. The van der Waals surface area contributed by atoms with Crippen LogP contribution >= 0.6 is 0 Å². The van der Waals surface area contributed by atoms with Crippen LogP contribution in [0, 0.1) is 12.7 Å². The Bertz CT molecular complexity index is 1530. The zero-order chi connectivity index (χ0) is 32.6. The standard InChI is InChI=1S/C26H24FN3O5.4C2H6/c1-4-26(34-3)16-7-20-23-14(9-30(20)24(32)15(16)10-35-25(26)33)22-18(28-11-31)6-5-13-12(2)17(27)8-19(29-23)21(13)22;4*1-2/h7-8,11,18H,4-6,9-10H2,1-3H3,(H,28,31);4*1-2H3. The zero-order valence-electron chi connectivity index (χ0n) is 27.7. The molecule has 3 aliphatic rings. The molecule has 3 aromatic rings. The first-order chi connectivity index (χ1) is 20.9. The molecule has 0 radical (unpaired) electrons. The van der Waals surface area contributed by atoms with Crippen molar-refractivity contribution in [2.24, 2.45) is 0 Å². The summed E-state index contributed by atoms with van der Waals surface area (Å²) in [6.07, 6.45) is 2.20. The van der Waals surface area contributed by atoms with Gasteiger partial charge in [-0.2, -0.15) is 0 Å². The van der Waals surface area contributed by atoms with E-state index in [1.165, 1.54) is 13.2 Å². The Morgan fingerprint density at radius 2 is 1.74 bits per heavy atom. The van der Waals surface area contributed by atoms with Crippen molar-refractivity contribution in [3.05, 3.63) is 61.7 Å². The highest BCUT2D eigenvalue weighted by Gasteiger charge is 2.47. The summed E-state index contributed by atoms with van der Waals surface area (Å²) in [5, 5.41) is 3.75. The van der Waals surface area contributed by atoms with Crippen LogP contribution in [0.3, 0.4) is 0 Å². The van der Waals surface area contributed by atoms with Crippen LogP contribution < -0.4 is 10.9 Å². The molecule has 0 fully saturated rings. The quantitative estimate of drug-likeness (QED) is 0.201. The average molecular weight is 598 g/mol. The number of aryl methyl sites for hydroxylation is 1. The molecule has 0 saturated carbocycles. The SMILES string of the molecule is CC.CC.CC.CC.CCC1(OC)C(=O)OCc2c1cc1n(c2=O)Cc2c-1nc1cc(F)c(C)c3c1c2C(NC=O)CC3. The molecule has 1 aromatic carbocycles. The molecule has 236 valence electrons. The van der Waals surface area contributed by atoms with Gasteiger partial charge in [-0.05, 0) is 48.9 Å². The van der Waals surface area contributed by atoms with E-state index >= 15 is 0 Å². The number of fused-ring (bicyclic) bond motifs is 5. The predicted molar refractivity (Wildman–Crippen MR) is 170 cm³/mol. The predicted octanol–water partition coefficient (Wildman–Crippen LogP) is 7.02. The number of hydrogen-bond donors (Lipinski definition) is 1. The van der Waals surface area contributed by atoms with Crippen LogP contribution in [-0.4, -0.2) is 29.0 Å². The smallest absolute Gasteiger partial charge is 0.343 e. The first kappa shape index (κ1) is 35.6. The number of esters is 1. The molecule has 0 bridgehead atoms. The largest absolute Gasteiger partial charge is 0.458 e. The van der Waals surface area contributed by atoms with E-state index in [-0.39, 0.29) is 30.6 Å². The van der Waals surface area contributed by atoms with Crippen LogP contribution in [0.2, 0.25) is 0 Å². The van der Waals surface area contributed by atoms with E-state index in [9.17, 15) is 18.8 Å². The fourth-order valence-electron chi connectivity index (χ4n) is 6.13. The van der Waals surface area contributed by atoms with Crippen LogP contribution in [0.5, 0.6) is 0 Å². The van der Waals surface area contributed by atoms with Crippen molar-refractivity contribution in [1.82, 2.24) is 14.9 Å². The van der Waals surface area contributed by atoms with Gasteiger partial charge < -0.3 is 19.4 Å². The number of aromatic nitrogens is 2. The second-order valence-corrected chi connectivity index (χ2v) is 9.36. The van der Waals surface area contributed by atoms with Gasteiger partial charge in [0.2, 0.25) is 6.41 Å². The van der Waals surface area contributed by atoms with E-state index in [1.54, 1.807) is 24.5 Å². The van der Waals surface area contributed by atoms with Gasteiger partial charge in [-0.15, -0.1) is 0 Å². The van der Waals surface area contributed by atoms with E-state index in [2.05, 4.69) is 5.32 Å². The molecular weight excluding hydrogens is 549 g/mol. The van der Waals surface area contributed by atoms with Gasteiger partial charge in [-0.25, -0.2) is 14.2 Å². The number of nitrogens with one attached hydrogen (secondary N) is 1. The Hall–Kier alpha value is -3.59. The molecule has 4 heterocycles. The second-order valence-electron chi connectivity index (χ2n) is 9.36. The normalized spacial score (nSPS) is 18.3. The van der Waals surface area contributed by atoms with Crippen LogP contribution in [0.1, 0.15) is 115 Å². The highest BCUT2D eigenvalue weighted by atomic mass is 19.1. The Kier molecular flexibility index (Phi) is 12.6. The van der Waals surface area contributed by atoms with Gasteiger partial charge in [0.1, 0.15) is 12.4 Å². The molecule has 9 heteroatoms. The number of rotatable bonds is 4. The molecule has 1 amide bonds. The number of cyclic esters (lactones) is 1. The molecule has 43 heavy (non-hydrogen) atoms. The molecule has 2 aliphatic heterocycles. The lowest BCUT2D eigenvalue weighted by molar-refractivity contribution is -0.176. The monoisotopic (exact) mass is 597 g/mol. The third kappa shape index (κ3) is 5.59. The molecule has 0 saturated heterocycles. The van der Waals surface area contributed by atoms with Crippen LogP contribution in [0.25, 0.3) is 22.3 Å². The van der Waals surface area contributed by atoms with Crippen molar-refractivity contribution >= 4 is 23.3 Å². The van der Waals surface area contributed by atoms with Crippen molar-refractivity contribution in [3.63, 3.8) is 0 Å². The topological polar surface area (TPSA) is 99.5 Å². The number of pyridine rings is 2. The molecule has 2 aromatic heterocycles. The summed E-state index contributed by atoms with van der Waals surface area (Å²) >= 11 is 0. The number of carbonyl (C=O) groups is 2. The minimum absolute atomic E-state index is 0.124. The third-order valence-corrected chi connectivity index (χ3v) is 7.96. The Morgan fingerprint density at radius 1 is 1.09 bits per heavy atom. The fourth-order valence-corrected chi connectivity index (χ4v) is 6.13. The van der Waals surface area contributed by atoms with Crippen molar-refractivity contribution in [1.29, 1.82) is 0 Å². The number of benzene rings is 1. The Morgan fingerprint density at radius 3 is 2.33 bits per heavy atom. The third-order valence-electron chi connectivity index (χ3n) is 7.96. The first-order valence-corrected chi connectivity index (χ1v) is 15.7. The van der Waals surface area contributed by atoms with Gasteiger partial charge in [0.15, 0.2) is 5.60 Å². The lowest BCUT2D eigenvalue weighted by Crippen LogP contribution is -2.45. The minimum atomic E-state index is -1.38. The number of halogens is 1. The van der Waals surface area contributed by atoms with Gasteiger partial charge in [-0.3, -0.25) is 9.59 Å². The number of carbonyl (C=O) groups excluding carboxylic acids is 2. The Labute approximate surface area is 255 Å². The van der Waals surface area contributed by atoms with Gasteiger partial charge in [-0.1, -0.05) is 62.3 Å². The zero-order valence-corrected chi connectivity index (χ0v) is 27.7. The molecule has 1 aliphatic carbocycles. The molecule has 6 rings (SSSR count). The average Bonchev–Trinajstić information content (AvgIpc) is 3.43. The van der Waals surface area contributed by atoms with Crippen molar-refractivity contribution in [3.8, 4) is 11.4 Å².